The molecule has 0 saturated carbocycles. The van der Waals surface area contributed by atoms with Crippen LogP contribution in [-0.4, -0.2) is 75.9 Å². The second-order valence-electron chi connectivity index (χ2n) is 6.18. The Bertz CT molecular complexity index is 549. The van der Waals surface area contributed by atoms with Gasteiger partial charge in [-0.1, -0.05) is 30.3 Å². The van der Waals surface area contributed by atoms with Crippen molar-refractivity contribution in [2.45, 2.75) is 31.2 Å². The number of hydrogen-bond donors (Lipinski definition) is 1. The number of carbonyl (C=O) groups excluding carboxylic acids is 1. The normalized spacial score (nSPS) is 27.8. The van der Waals surface area contributed by atoms with Gasteiger partial charge in [-0.05, 0) is 5.56 Å². The zero-order valence-electron chi connectivity index (χ0n) is 15.1. The van der Waals surface area contributed by atoms with E-state index < -0.39 is 24.5 Å². The lowest BCUT2D eigenvalue weighted by Crippen LogP contribution is -2.30. The molecule has 0 aliphatic carbocycles. The fourth-order valence-corrected chi connectivity index (χ4v) is 2.77. The Kier molecular flexibility index (Phi) is 8.21. The molecule has 2 heterocycles. The summed E-state index contributed by atoms with van der Waals surface area (Å²) >= 11 is 0. The van der Waals surface area contributed by atoms with E-state index in [0.717, 1.165) is 5.56 Å². The van der Waals surface area contributed by atoms with Crippen LogP contribution in [0.5, 0.6) is 0 Å². The molecule has 0 aromatic heterocycles. The van der Waals surface area contributed by atoms with E-state index in [-0.39, 0.29) is 25.8 Å². The summed E-state index contributed by atoms with van der Waals surface area (Å²) in [6, 6.07) is 9.37. The maximum Gasteiger partial charge on any atom is 0.410 e. The molecule has 3 rings (SSSR count). The largest absolute Gasteiger partial charge is 0.445 e. The van der Waals surface area contributed by atoms with Crippen LogP contribution in [0.4, 0.5) is 13.6 Å². The number of halogens is 2. The highest BCUT2D eigenvalue weighted by atomic mass is 19.1. The number of ether oxygens (including phenoxy) is 3. The van der Waals surface area contributed by atoms with Crippen LogP contribution in [0.15, 0.2) is 30.3 Å². The standard InChI is InChI=1S/C13H16FNO3.C5H10FNO/c1-17-12-8-15(7-11(12)14)13(16)18-9-10-5-3-2-4-6-10;1-8-5-3-7-2-4(5)6/h2-6,11-12H,7-9H2,1H3;4-5,7H,2-3H2,1H3/t11-,12?;/m1./s1. The molecular weight excluding hydrogens is 346 g/mol. The highest BCUT2D eigenvalue weighted by Gasteiger charge is 2.36. The number of nitrogens with zero attached hydrogens (tertiary/aromatic N) is 1. The van der Waals surface area contributed by atoms with Crippen molar-refractivity contribution >= 4 is 6.09 Å². The predicted molar refractivity (Wildman–Crippen MR) is 92.5 cm³/mol. The summed E-state index contributed by atoms with van der Waals surface area (Å²) in [5.41, 5.74) is 0.908. The highest BCUT2D eigenvalue weighted by molar-refractivity contribution is 5.68. The lowest BCUT2D eigenvalue weighted by Gasteiger charge is -2.15. The van der Waals surface area contributed by atoms with Gasteiger partial charge >= 0.3 is 6.09 Å². The molecule has 2 fully saturated rings. The molecule has 2 aliphatic heterocycles. The SMILES string of the molecule is COC1CN(C(=O)OCc2ccccc2)C[C@H]1F.COC1CNCC1F. The number of nitrogens with one attached hydrogen (secondary N) is 1. The summed E-state index contributed by atoms with van der Waals surface area (Å²) in [6.45, 7) is 1.57. The molecule has 0 bridgehead atoms. The minimum Gasteiger partial charge on any atom is -0.445 e. The Morgan fingerprint density at radius 2 is 1.77 bits per heavy atom. The van der Waals surface area contributed by atoms with Crippen LogP contribution < -0.4 is 5.32 Å². The molecule has 0 radical (unpaired) electrons. The second-order valence-corrected chi connectivity index (χ2v) is 6.18. The van der Waals surface area contributed by atoms with Crippen LogP contribution in [0.3, 0.4) is 0 Å². The molecule has 6 nitrogen and oxygen atoms in total. The predicted octanol–water partition coefficient (Wildman–Crippen LogP) is 1.93. The van der Waals surface area contributed by atoms with Gasteiger partial charge in [0.15, 0.2) is 0 Å². The van der Waals surface area contributed by atoms with Gasteiger partial charge in [-0.2, -0.15) is 0 Å². The third-order valence-electron chi connectivity index (χ3n) is 4.36. The Morgan fingerprint density at radius 3 is 2.27 bits per heavy atom. The molecule has 26 heavy (non-hydrogen) atoms. The van der Waals surface area contributed by atoms with Crippen LogP contribution in [0.1, 0.15) is 5.56 Å². The molecule has 3 unspecified atom stereocenters. The Morgan fingerprint density at radius 1 is 1.08 bits per heavy atom. The maximum absolute atomic E-state index is 13.4. The monoisotopic (exact) mass is 372 g/mol. The molecule has 1 aromatic rings. The van der Waals surface area contributed by atoms with Crippen molar-refractivity contribution in [1.29, 1.82) is 0 Å². The highest BCUT2D eigenvalue weighted by Crippen LogP contribution is 2.17. The van der Waals surface area contributed by atoms with Crippen molar-refractivity contribution in [2.75, 3.05) is 40.4 Å². The first-order valence-corrected chi connectivity index (χ1v) is 8.55. The van der Waals surface area contributed by atoms with Gasteiger partial charge in [-0.3, -0.25) is 0 Å². The molecular formula is C18H26F2N2O4. The summed E-state index contributed by atoms with van der Waals surface area (Å²) in [4.78, 5) is 13.0. The Labute approximate surface area is 152 Å². The molecule has 2 saturated heterocycles. The van der Waals surface area contributed by atoms with Gasteiger partial charge in [-0.25, -0.2) is 13.6 Å². The van der Waals surface area contributed by atoms with E-state index in [2.05, 4.69) is 5.32 Å². The van der Waals surface area contributed by atoms with Gasteiger partial charge in [0.1, 0.15) is 31.2 Å². The first kappa shape index (κ1) is 20.5. The second kappa shape index (κ2) is 10.4. The van der Waals surface area contributed by atoms with Gasteiger partial charge in [0.05, 0.1) is 13.1 Å². The smallest absolute Gasteiger partial charge is 0.410 e. The average Bonchev–Trinajstić information content (AvgIpc) is 3.26. The van der Waals surface area contributed by atoms with Crippen molar-refractivity contribution in [2.24, 2.45) is 0 Å². The Hall–Kier alpha value is -1.77. The van der Waals surface area contributed by atoms with Crippen LogP contribution >= 0.6 is 0 Å². The van der Waals surface area contributed by atoms with E-state index in [9.17, 15) is 13.6 Å². The molecule has 1 aromatic carbocycles. The van der Waals surface area contributed by atoms with Crippen LogP contribution in [0, 0.1) is 0 Å². The number of hydrogen-bond acceptors (Lipinski definition) is 5. The topological polar surface area (TPSA) is 60.0 Å². The van der Waals surface area contributed by atoms with Gasteiger partial charge in [0.2, 0.25) is 0 Å². The fourth-order valence-electron chi connectivity index (χ4n) is 2.77. The van der Waals surface area contributed by atoms with E-state index in [1.54, 1.807) is 0 Å². The van der Waals surface area contributed by atoms with E-state index >= 15 is 0 Å². The average molecular weight is 372 g/mol. The molecule has 4 atom stereocenters. The maximum atomic E-state index is 13.4. The number of rotatable bonds is 4. The Balaban J connectivity index is 0.000000254. The first-order chi connectivity index (χ1) is 12.5. The summed E-state index contributed by atoms with van der Waals surface area (Å²) in [5.74, 6) is 0. The lowest BCUT2D eigenvalue weighted by molar-refractivity contribution is 0.0602. The molecule has 146 valence electrons. The number of amides is 1. The molecule has 8 heteroatoms. The van der Waals surface area contributed by atoms with E-state index in [0.29, 0.717) is 13.1 Å². The third kappa shape index (κ3) is 5.89. The fraction of sp³-hybridized carbons (Fsp3) is 0.611. The molecule has 1 N–H and O–H groups in total. The molecule has 0 spiro atoms. The summed E-state index contributed by atoms with van der Waals surface area (Å²) in [5, 5.41) is 2.87. The quantitative estimate of drug-likeness (QED) is 0.875. The van der Waals surface area contributed by atoms with E-state index in [4.69, 9.17) is 14.2 Å². The van der Waals surface area contributed by atoms with Crippen LogP contribution in [0.25, 0.3) is 0 Å². The number of alkyl halides is 2. The number of likely N-dealkylation sites (tertiary alicyclic amines) is 1. The summed E-state index contributed by atoms with van der Waals surface area (Å²) in [7, 11) is 2.97. The van der Waals surface area contributed by atoms with Gasteiger partial charge < -0.3 is 24.4 Å². The zero-order chi connectivity index (χ0) is 18.9. The first-order valence-electron chi connectivity index (χ1n) is 8.55. The van der Waals surface area contributed by atoms with Gasteiger partial charge in [0, 0.05) is 27.3 Å². The van der Waals surface area contributed by atoms with Crippen molar-refractivity contribution in [3.05, 3.63) is 35.9 Å². The zero-order valence-corrected chi connectivity index (χ0v) is 15.1. The van der Waals surface area contributed by atoms with Crippen LogP contribution in [-0.2, 0) is 20.8 Å². The molecule has 1 amide bonds. The minimum absolute atomic E-state index is 0.0339. The number of methoxy groups -OCH3 is 2. The number of benzene rings is 1. The van der Waals surface area contributed by atoms with Crippen molar-refractivity contribution < 1.29 is 27.8 Å². The van der Waals surface area contributed by atoms with E-state index in [1.807, 2.05) is 30.3 Å². The van der Waals surface area contributed by atoms with Crippen molar-refractivity contribution in [3.63, 3.8) is 0 Å². The number of carbonyl (C=O) groups is 1. The van der Waals surface area contributed by atoms with Gasteiger partial charge in [0.25, 0.3) is 0 Å². The lowest BCUT2D eigenvalue weighted by atomic mass is 10.2. The van der Waals surface area contributed by atoms with Crippen molar-refractivity contribution in [1.82, 2.24) is 10.2 Å². The van der Waals surface area contributed by atoms with Crippen LogP contribution in [0.2, 0.25) is 0 Å². The van der Waals surface area contributed by atoms with Crippen molar-refractivity contribution in [3.8, 4) is 0 Å². The molecule has 2 aliphatic rings. The van der Waals surface area contributed by atoms with E-state index in [1.165, 1.54) is 19.1 Å². The third-order valence-corrected chi connectivity index (χ3v) is 4.36. The summed E-state index contributed by atoms with van der Waals surface area (Å²) < 4.78 is 40.6. The minimum atomic E-state index is -1.14. The van der Waals surface area contributed by atoms with Gasteiger partial charge in [-0.15, -0.1) is 0 Å². The summed E-state index contributed by atoms with van der Waals surface area (Å²) in [6.07, 6.45) is -3.20.